The predicted molar refractivity (Wildman–Crippen MR) is 127 cm³/mol. The fraction of sp³-hybridized carbons (Fsp3) is 0.259. The highest BCUT2D eigenvalue weighted by atomic mass is 35.5. The fourth-order valence-corrected chi connectivity index (χ4v) is 4.09. The van der Waals surface area contributed by atoms with E-state index in [-0.39, 0.29) is 0 Å². The van der Waals surface area contributed by atoms with Gasteiger partial charge in [0.05, 0.1) is 5.03 Å². The molecular weight excluding hydrogens is 374 g/mol. The first-order chi connectivity index (χ1) is 14.2. The second-order valence-corrected chi connectivity index (χ2v) is 7.59. The lowest BCUT2D eigenvalue weighted by Gasteiger charge is -2.19. The highest BCUT2D eigenvalue weighted by Gasteiger charge is 2.15. The molecule has 0 unspecified atom stereocenters. The molecule has 0 aliphatic heterocycles. The van der Waals surface area contributed by atoms with Gasteiger partial charge in [0.1, 0.15) is 0 Å². The van der Waals surface area contributed by atoms with Gasteiger partial charge in [0.15, 0.2) is 0 Å². The van der Waals surface area contributed by atoms with Gasteiger partial charge in [-0.1, -0.05) is 110 Å². The van der Waals surface area contributed by atoms with Gasteiger partial charge in [0.25, 0.3) is 0 Å². The zero-order valence-corrected chi connectivity index (χ0v) is 18.2. The fourth-order valence-electron chi connectivity index (χ4n) is 3.75. The summed E-state index contributed by atoms with van der Waals surface area (Å²) < 4.78 is 0. The third-order valence-electron chi connectivity index (χ3n) is 5.41. The number of hydrogen-bond acceptors (Lipinski definition) is 1. The van der Waals surface area contributed by atoms with E-state index in [2.05, 4.69) is 79.4 Å². The number of benzene rings is 3. The van der Waals surface area contributed by atoms with Crippen molar-refractivity contribution in [3.63, 3.8) is 0 Å². The minimum atomic E-state index is 0.799. The number of hydrogen-bond donors (Lipinski definition) is 0. The van der Waals surface area contributed by atoms with E-state index in [0.29, 0.717) is 0 Å². The maximum atomic E-state index is 7.01. The van der Waals surface area contributed by atoms with Crippen LogP contribution in [0, 0.1) is 0 Å². The van der Waals surface area contributed by atoms with Gasteiger partial charge in [-0.05, 0) is 54.7 Å². The quantitative estimate of drug-likeness (QED) is 0.344. The lowest BCUT2D eigenvalue weighted by Crippen LogP contribution is -2.24. The first-order valence-corrected chi connectivity index (χ1v) is 10.9. The molecule has 0 amide bonds. The Morgan fingerprint density at radius 1 is 0.724 bits per heavy atom. The van der Waals surface area contributed by atoms with Crippen molar-refractivity contribution in [2.45, 2.75) is 26.7 Å². The van der Waals surface area contributed by atoms with Crippen molar-refractivity contribution >= 4 is 22.2 Å². The summed E-state index contributed by atoms with van der Waals surface area (Å²) in [5, 5.41) is 0.799. The Morgan fingerprint density at radius 2 is 1.28 bits per heavy atom. The normalized spacial score (nSPS) is 12.1. The zero-order valence-electron chi connectivity index (χ0n) is 17.4. The molecule has 150 valence electrons. The smallest absolute Gasteiger partial charge is 0.0562 e. The largest absolute Gasteiger partial charge is 0.304 e. The Morgan fingerprint density at radius 3 is 1.90 bits per heavy atom. The van der Waals surface area contributed by atoms with Crippen molar-refractivity contribution in [1.29, 1.82) is 0 Å². The van der Waals surface area contributed by atoms with Crippen molar-refractivity contribution in [1.82, 2.24) is 4.90 Å². The SMILES string of the molecule is CCN(CC)CCCc1ccccc1C(=C(Cl)c1ccccc1)c1ccccc1. The van der Waals surface area contributed by atoms with Gasteiger partial charge >= 0.3 is 0 Å². The minimum absolute atomic E-state index is 0.799. The Kier molecular flexibility index (Phi) is 8.10. The Labute approximate surface area is 180 Å². The molecule has 0 aliphatic carbocycles. The van der Waals surface area contributed by atoms with Crippen LogP contribution >= 0.6 is 11.6 Å². The van der Waals surface area contributed by atoms with E-state index in [9.17, 15) is 0 Å². The van der Waals surface area contributed by atoms with Crippen LogP contribution < -0.4 is 0 Å². The first-order valence-electron chi connectivity index (χ1n) is 10.6. The topological polar surface area (TPSA) is 3.24 Å². The van der Waals surface area contributed by atoms with Crippen LogP contribution in [0.25, 0.3) is 10.6 Å². The second kappa shape index (κ2) is 11.0. The van der Waals surface area contributed by atoms with E-state index in [4.69, 9.17) is 11.6 Å². The molecule has 1 nitrogen and oxygen atoms in total. The molecule has 0 saturated carbocycles. The van der Waals surface area contributed by atoms with Crippen LogP contribution in [0.2, 0.25) is 0 Å². The van der Waals surface area contributed by atoms with Gasteiger partial charge in [0.2, 0.25) is 0 Å². The Bertz CT molecular complexity index is 912. The summed E-state index contributed by atoms with van der Waals surface area (Å²) in [5.74, 6) is 0. The maximum Gasteiger partial charge on any atom is 0.0562 e. The van der Waals surface area contributed by atoms with E-state index in [1.165, 1.54) is 11.1 Å². The Hall–Kier alpha value is -2.35. The first kappa shape index (κ1) is 21.4. The van der Waals surface area contributed by atoms with E-state index >= 15 is 0 Å². The Balaban J connectivity index is 2.02. The van der Waals surface area contributed by atoms with Crippen molar-refractivity contribution in [3.8, 4) is 0 Å². The van der Waals surface area contributed by atoms with E-state index < -0.39 is 0 Å². The molecule has 0 atom stereocenters. The standard InChI is InChI=1S/C27H30ClN/c1-3-29(4-2)21-13-19-22-14-11-12-20-25(22)26(23-15-7-5-8-16-23)27(28)24-17-9-6-10-18-24/h5-12,14-18,20H,3-4,13,19,21H2,1-2H3. The van der Waals surface area contributed by atoms with Crippen LogP contribution in [0.5, 0.6) is 0 Å². The van der Waals surface area contributed by atoms with Gasteiger partial charge < -0.3 is 4.90 Å². The van der Waals surface area contributed by atoms with Crippen LogP contribution in [0.1, 0.15) is 42.5 Å². The summed E-state index contributed by atoms with van der Waals surface area (Å²) in [4.78, 5) is 2.48. The lowest BCUT2D eigenvalue weighted by molar-refractivity contribution is 0.300. The van der Waals surface area contributed by atoms with Crippen LogP contribution in [0.3, 0.4) is 0 Å². The molecule has 2 heteroatoms. The number of aryl methyl sites for hydroxylation is 1. The molecule has 0 fully saturated rings. The molecule has 0 aliphatic rings. The third kappa shape index (κ3) is 5.59. The van der Waals surface area contributed by atoms with Crippen molar-refractivity contribution in [2.75, 3.05) is 19.6 Å². The summed E-state index contributed by atoms with van der Waals surface area (Å²) >= 11 is 7.01. The molecule has 0 N–H and O–H groups in total. The summed E-state index contributed by atoms with van der Waals surface area (Å²) in [6.07, 6.45) is 2.19. The third-order valence-corrected chi connectivity index (χ3v) is 5.82. The van der Waals surface area contributed by atoms with Gasteiger partial charge in [-0.3, -0.25) is 0 Å². The maximum absolute atomic E-state index is 7.01. The molecular formula is C27H30ClN. The zero-order chi connectivity index (χ0) is 20.5. The molecule has 0 spiro atoms. The monoisotopic (exact) mass is 403 g/mol. The predicted octanol–water partition coefficient (Wildman–Crippen LogP) is 7.12. The van der Waals surface area contributed by atoms with E-state index in [1.807, 2.05) is 24.3 Å². The molecule has 0 aromatic heterocycles. The van der Waals surface area contributed by atoms with Crippen molar-refractivity contribution < 1.29 is 0 Å². The van der Waals surface area contributed by atoms with Crippen LogP contribution in [0.15, 0.2) is 84.9 Å². The molecule has 3 aromatic carbocycles. The van der Waals surface area contributed by atoms with Gasteiger partial charge in [-0.25, -0.2) is 0 Å². The number of nitrogens with zero attached hydrogens (tertiary/aromatic N) is 1. The van der Waals surface area contributed by atoms with Crippen molar-refractivity contribution in [2.24, 2.45) is 0 Å². The second-order valence-electron chi connectivity index (χ2n) is 7.21. The van der Waals surface area contributed by atoms with Gasteiger partial charge in [0, 0.05) is 5.57 Å². The summed E-state index contributed by atoms with van der Waals surface area (Å²) in [5.41, 5.74) is 5.89. The van der Waals surface area contributed by atoms with Crippen molar-refractivity contribution in [3.05, 3.63) is 107 Å². The number of rotatable bonds is 9. The molecule has 0 bridgehead atoms. The van der Waals surface area contributed by atoms with Gasteiger partial charge in [-0.2, -0.15) is 0 Å². The van der Waals surface area contributed by atoms with E-state index in [0.717, 1.165) is 54.2 Å². The number of halogens is 1. The summed E-state index contributed by atoms with van der Waals surface area (Å²) in [7, 11) is 0. The molecule has 0 radical (unpaired) electrons. The average molecular weight is 404 g/mol. The molecule has 29 heavy (non-hydrogen) atoms. The summed E-state index contributed by atoms with van der Waals surface area (Å²) in [6, 6.07) is 29.5. The van der Waals surface area contributed by atoms with Crippen LogP contribution in [0.4, 0.5) is 0 Å². The molecule has 3 rings (SSSR count). The highest BCUT2D eigenvalue weighted by molar-refractivity contribution is 6.53. The van der Waals surface area contributed by atoms with Crippen LogP contribution in [-0.2, 0) is 6.42 Å². The molecule has 0 heterocycles. The minimum Gasteiger partial charge on any atom is -0.304 e. The van der Waals surface area contributed by atoms with Gasteiger partial charge in [-0.15, -0.1) is 0 Å². The molecule has 3 aromatic rings. The average Bonchev–Trinajstić information content (AvgIpc) is 2.79. The highest BCUT2D eigenvalue weighted by Crippen LogP contribution is 2.36. The lowest BCUT2D eigenvalue weighted by atomic mass is 9.90. The summed E-state index contributed by atoms with van der Waals surface area (Å²) in [6.45, 7) is 7.79. The molecule has 0 saturated heterocycles. The van der Waals surface area contributed by atoms with E-state index in [1.54, 1.807) is 0 Å². The van der Waals surface area contributed by atoms with Crippen LogP contribution in [-0.4, -0.2) is 24.5 Å².